The van der Waals surface area contributed by atoms with Crippen molar-refractivity contribution in [1.82, 2.24) is 14.3 Å². The first kappa shape index (κ1) is 23.4. The maximum absolute atomic E-state index is 13.2. The van der Waals surface area contributed by atoms with E-state index in [1.54, 1.807) is 0 Å². The van der Waals surface area contributed by atoms with Gasteiger partial charge in [0, 0.05) is 31.5 Å². The van der Waals surface area contributed by atoms with Crippen LogP contribution in [-0.4, -0.2) is 39.3 Å². The lowest BCUT2D eigenvalue weighted by molar-refractivity contribution is 0.0774. The number of fused-ring (bicyclic) bond motifs is 2. The van der Waals surface area contributed by atoms with Crippen LogP contribution in [0.25, 0.3) is 5.65 Å². The molecule has 1 saturated heterocycles. The van der Waals surface area contributed by atoms with Gasteiger partial charge >= 0.3 is 0 Å². The van der Waals surface area contributed by atoms with Crippen molar-refractivity contribution in [3.8, 4) is 5.75 Å². The zero-order valence-corrected chi connectivity index (χ0v) is 19.1. The minimum atomic E-state index is 0. The lowest BCUT2D eigenvalue weighted by Crippen LogP contribution is -2.33. The molecule has 8 heteroatoms. The average molecular weight is 463 g/mol. The molecule has 1 saturated carbocycles. The molecule has 1 aliphatic carbocycles. The van der Waals surface area contributed by atoms with Gasteiger partial charge in [-0.15, -0.1) is 24.8 Å². The highest BCUT2D eigenvalue weighted by Gasteiger charge is 2.42. The van der Waals surface area contributed by atoms with E-state index in [1.165, 1.54) is 5.56 Å². The number of halogens is 2. The van der Waals surface area contributed by atoms with Gasteiger partial charge in [-0.1, -0.05) is 18.2 Å². The van der Waals surface area contributed by atoms with Gasteiger partial charge in [-0.3, -0.25) is 4.79 Å². The summed E-state index contributed by atoms with van der Waals surface area (Å²) in [6, 6.07) is 11.7. The standard InChI is InChI=1S/C23H26N4O2.2ClH/c1-15-6-9-22-25-17(12-26(22)10-15)14-29-21-5-3-2-4-18(21)23(28)27-11-16-7-8-20(24)19(16)13-27;;/h2-6,9-10,12,16,19-20H,7-8,11,13-14,24H2,1H3;2*1H. The summed E-state index contributed by atoms with van der Waals surface area (Å²) in [5.41, 5.74) is 9.74. The predicted octanol–water partition coefficient (Wildman–Crippen LogP) is 3.87. The number of ether oxygens (including phenoxy) is 1. The largest absolute Gasteiger partial charge is 0.486 e. The topological polar surface area (TPSA) is 72.9 Å². The van der Waals surface area contributed by atoms with Gasteiger partial charge in [-0.05, 0) is 55.4 Å². The van der Waals surface area contributed by atoms with Gasteiger partial charge in [0.15, 0.2) is 0 Å². The first-order chi connectivity index (χ1) is 14.1. The SMILES string of the molecule is Cc1ccc2nc(COc3ccccc3C(=O)N3CC4CCC(N)C4C3)cn2c1.Cl.Cl. The van der Waals surface area contributed by atoms with E-state index in [1.807, 2.05) is 58.1 Å². The van der Waals surface area contributed by atoms with Crippen LogP contribution in [0.5, 0.6) is 5.75 Å². The van der Waals surface area contributed by atoms with Crippen LogP contribution in [0, 0.1) is 18.8 Å². The number of amides is 1. The van der Waals surface area contributed by atoms with Crippen molar-refractivity contribution in [2.24, 2.45) is 17.6 Å². The molecule has 3 unspecified atom stereocenters. The lowest BCUT2D eigenvalue weighted by atomic mass is 9.98. The highest BCUT2D eigenvalue weighted by Crippen LogP contribution is 2.38. The average Bonchev–Trinajstić information content (AvgIpc) is 3.41. The van der Waals surface area contributed by atoms with E-state index in [4.69, 9.17) is 10.5 Å². The Hall–Kier alpha value is -2.28. The lowest BCUT2D eigenvalue weighted by Gasteiger charge is -2.20. The van der Waals surface area contributed by atoms with E-state index in [-0.39, 0.29) is 36.8 Å². The molecule has 3 heterocycles. The van der Waals surface area contributed by atoms with E-state index >= 15 is 0 Å². The van der Waals surface area contributed by atoms with Crippen molar-refractivity contribution in [1.29, 1.82) is 0 Å². The maximum Gasteiger partial charge on any atom is 0.257 e. The molecule has 0 spiro atoms. The molecular formula is C23H28Cl2N4O2. The molecule has 1 aliphatic heterocycles. The van der Waals surface area contributed by atoms with Crippen LogP contribution in [0.2, 0.25) is 0 Å². The smallest absolute Gasteiger partial charge is 0.257 e. The Morgan fingerprint density at radius 1 is 1.13 bits per heavy atom. The number of carbonyl (C=O) groups excluding carboxylic acids is 1. The maximum atomic E-state index is 13.2. The molecule has 2 aliphatic rings. The number of hydrogen-bond donors (Lipinski definition) is 1. The van der Waals surface area contributed by atoms with E-state index in [9.17, 15) is 4.79 Å². The Morgan fingerprint density at radius 2 is 1.94 bits per heavy atom. The third-order valence-electron chi connectivity index (χ3n) is 6.34. The Labute approximate surface area is 194 Å². The molecule has 2 N–H and O–H groups in total. The molecule has 3 atom stereocenters. The zero-order chi connectivity index (χ0) is 20.0. The second kappa shape index (κ2) is 9.47. The van der Waals surface area contributed by atoms with Gasteiger partial charge in [0.2, 0.25) is 0 Å². The van der Waals surface area contributed by atoms with Gasteiger partial charge < -0.3 is 19.8 Å². The minimum absolute atomic E-state index is 0. The number of likely N-dealkylation sites (tertiary alicyclic amines) is 1. The Bertz CT molecular complexity index is 1070. The molecule has 166 valence electrons. The predicted molar refractivity (Wildman–Crippen MR) is 125 cm³/mol. The number of para-hydroxylation sites is 1. The highest BCUT2D eigenvalue weighted by molar-refractivity contribution is 5.97. The summed E-state index contributed by atoms with van der Waals surface area (Å²) >= 11 is 0. The first-order valence-electron chi connectivity index (χ1n) is 10.3. The summed E-state index contributed by atoms with van der Waals surface area (Å²) in [5, 5.41) is 0. The number of rotatable bonds is 4. The number of imidazole rings is 1. The summed E-state index contributed by atoms with van der Waals surface area (Å²) in [7, 11) is 0. The normalized spacial score (nSPS) is 22.0. The second-order valence-corrected chi connectivity index (χ2v) is 8.36. The molecule has 3 aromatic rings. The molecule has 2 aromatic heterocycles. The van der Waals surface area contributed by atoms with Crippen LogP contribution in [0.15, 0.2) is 48.8 Å². The number of aromatic nitrogens is 2. The quantitative estimate of drug-likeness (QED) is 0.638. The van der Waals surface area contributed by atoms with E-state index in [0.717, 1.165) is 37.3 Å². The molecule has 5 rings (SSSR count). The fourth-order valence-electron chi connectivity index (χ4n) is 4.79. The van der Waals surface area contributed by atoms with Crippen molar-refractivity contribution >= 4 is 36.4 Å². The summed E-state index contributed by atoms with van der Waals surface area (Å²) < 4.78 is 8.03. The van der Waals surface area contributed by atoms with Crippen LogP contribution in [-0.2, 0) is 6.61 Å². The van der Waals surface area contributed by atoms with Crippen LogP contribution in [0.4, 0.5) is 0 Å². The van der Waals surface area contributed by atoms with Gasteiger partial charge in [0.05, 0.1) is 11.3 Å². The van der Waals surface area contributed by atoms with Crippen LogP contribution < -0.4 is 10.5 Å². The van der Waals surface area contributed by atoms with Crippen molar-refractivity contribution < 1.29 is 9.53 Å². The van der Waals surface area contributed by atoms with Crippen molar-refractivity contribution in [2.75, 3.05) is 13.1 Å². The number of benzene rings is 1. The first-order valence-corrected chi connectivity index (χ1v) is 10.3. The summed E-state index contributed by atoms with van der Waals surface area (Å²) in [6.45, 7) is 3.93. The van der Waals surface area contributed by atoms with Gasteiger partial charge in [-0.25, -0.2) is 4.98 Å². The van der Waals surface area contributed by atoms with Crippen LogP contribution in [0.3, 0.4) is 0 Å². The monoisotopic (exact) mass is 462 g/mol. The van der Waals surface area contributed by atoms with Crippen molar-refractivity contribution in [2.45, 2.75) is 32.4 Å². The Balaban J connectivity index is 0.00000136. The third-order valence-corrected chi connectivity index (χ3v) is 6.34. The zero-order valence-electron chi connectivity index (χ0n) is 17.4. The summed E-state index contributed by atoms with van der Waals surface area (Å²) in [4.78, 5) is 19.7. The van der Waals surface area contributed by atoms with Crippen molar-refractivity contribution in [3.05, 3.63) is 65.6 Å². The number of pyridine rings is 1. The molecule has 1 amide bonds. The molecule has 2 fully saturated rings. The van der Waals surface area contributed by atoms with Crippen LogP contribution in [0.1, 0.15) is 34.5 Å². The molecule has 0 bridgehead atoms. The van der Waals surface area contributed by atoms with E-state index in [2.05, 4.69) is 11.9 Å². The number of carbonyl (C=O) groups is 1. The summed E-state index contributed by atoms with van der Waals surface area (Å²) in [5.74, 6) is 1.62. The van der Waals surface area contributed by atoms with Crippen molar-refractivity contribution in [3.63, 3.8) is 0 Å². The highest BCUT2D eigenvalue weighted by atomic mass is 35.5. The van der Waals surface area contributed by atoms with E-state index < -0.39 is 0 Å². The number of hydrogen-bond acceptors (Lipinski definition) is 4. The van der Waals surface area contributed by atoms with Gasteiger partial charge in [0.1, 0.15) is 18.0 Å². The fourth-order valence-corrected chi connectivity index (χ4v) is 4.79. The molecule has 0 radical (unpaired) electrons. The molecule has 6 nitrogen and oxygen atoms in total. The molecule has 31 heavy (non-hydrogen) atoms. The fraction of sp³-hybridized carbons (Fsp3) is 0.391. The summed E-state index contributed by atoms with van der Waals surface area (Å²) in [6.07, 6.45) is 6.21. The second-order valence-electron chi connectivity index (χ2n) is 8.36. The number of nitrogens with two attached hydrogens (primary N) is 1. The Morgan fingerprint density at radius 3 is 2.74 bits per heavy atom. The van der Waals surface area contributed by atoms with Crippen LogP contribution >= 0.6 is 24.8 Å². The molecule has 1 aromatic carbocycles. The van der Waals surface area contributed by atoms with E-state index in [0.29, 0.717) is 29.8 Å². The minimum Gasteiger partial charge on any atom is -0.486 e. The molecular weight excluding hydrogens is 435 g/mol. The third kappa shape index (κ3) is 4.52. The number of nitrogens with zero attached hydrogens (tertiary/aromatic N) is 3. The number of aryl methyl sites for hydroxylation is 1. The van der Waals surface area contributed by atoms with Gasteiger partial charge in [0.25, 0.3) is 5.91 Å². The Kier molecular flexibility index (Phi) is 7.14. The van der Waals surface area contributed by atoms with Gasteiger partial charge in [-0.2, -0.15) is 0 Å².